The Labute approximate surface area is 193 Å². The van der Waals surface area contributed by atoms with E-state index in [1.54, 1.807) is 41.0 Å². The van der Waals surface area contributed by atoms with Crippen molar-refractivity contribution in [3.8, 4) is 11.5 Å². The first-order valence-corrected chi connectivity index (χ1v) is 10.3. The zero-order valence-corrected chi connectivity index (χ0v) is 18.3. The standard InChI is InChI=1S/C26H20F3NO4/c1-33-22-11-10-17(13-23(22)34-2)24(31)20-15-30(21-9-4-3-8-19(21)25(20)32)14-16-6-5-7-18(12-16)26(27,28)29/h3-13,15H,14H2,1-2H3. The summed E-state index contributed by atoms with van der Waals surface area (Å²) in [6.07, 6.45) is -3.08. The SMILES string of the molecule is COc1ccc(C(=O)c2cn(Cc3cccc(C(F)(F)F)c3)c3ccccc3c2=O)cc1OC. The Bertz CT molecular complexity index is 1440. The molecule has 5 nitrogen and oxygen atoms in total. The fourth-order valence-electron chi connectivity index (χ4n) is 3.81. The molecule has 0 aliphatic heterocycles. The maximum absolute atomic E-state index is 13.3. The minimum atomic E-state index is -4.48. The first-order valence-electron chi connectivity index (χ1n) is 10.3. The van der Waals surface area contributed by atoms with Gasteiger partial charge in [0.15, 0.2) is 17.3 Å². The van der Waals surface area contributed by atoms with Crippen LogP contribution in [0.15, 0.2) is 77.7 Å². The summed E-state index contributed by atoms with van der Waals surface area (Å²) in [6.45, 7) is 0.0386. The summed E-state index contributed by atoms with van der Waals surface area (Å²) in [5.74, 6) is 0.229. The third-order valence-corrected chi connectivity index (χ3v) is 5.49. The van der Waals surface area contributed by atoms with Crippen molar-refractivity contribution in [2.75, 3.05) is 14.2 Å². The van der Waals surface area contributed by atoms with Gasteiger partial charge in [-0.05, 0) is 48.0 Å². The van der Waals surface area contributed by atoms with E-state index in [-0.39, 0.29) is 17.7 Å². The van der Waals surface area contributed by atoms with Crippen LogP contribution in [0.1, 0.15) is 27.0 Å². The van der Waals surface area contributed by atoms with E-state index in [0.29, 0.717) is 28.0 Å². The number of para-hydroxylation sites is 1. The number of fused-ring (bicyclic) bond motifs is 1. The average molecular weight is 467 g/mol. The van der Waals surface area contributed by atoms with E-state index in [2.05, 4.69) is 0 Å². The molecule has 0 radical (unpaired) electrons. The van der Waals surface area contributed by atoms with Gasteiger partial charge in [0.25, 0.3) is 0 Å². The second-order valence-corrected chi connectivity index (χ2v) is 7.61. The van der Waals surface area contributed by atoms with Gasteiger partial charge in [0, 0.05) is 23.7 Å². The van der Waals surface area contributed by atoms with Crippen molar-refractivity contribution in [1.29, 1.82) is 0 Å². The van der Waals surface area contributed by atoms with Gasteiger partial charge in [-0.3, -0.25) is 9.59 Å². The third-order valence-electron chi connectivity index (χ3n) is 5.49. The maximum Gasteiger partial charge on any atom is 0.416 e. The van der Waals surface area contributed by atoms with Crippen LogP contribution in [-0.2, 0) is 12.7 Å². The monoisotopic (exact) mass is 467 g/mol. The Morgan fingerprint density at radius 1 is 0.912 bits per heavy atom. The number of hydrogen-bond donors (Lipinski definition) is 0. The molecule has 0 spiro atoms. The van der Waals surface area contributed by atoms with Crippen LogP contribution in [-0.4, -0.2) is 24.6 Å². The summed E-state index contributed by atoms with van der Waals surface area (Å²) in [5.41, 5.74) is -0.219. The van der Waals surface area contributed by atoms with Gasteiger partial charge in [0.1, 0.15) is 0 Å². The summed E-state index contributed by atoms with van der Waals surface area (Å²) in [6, 6.07) is 16.2. The maximum atomic E-state index is 13.3. The van der Waals surface area contributed by atoms with E-state index in [0.717, 1.165) is 12.1 Å². The van der Waals surface area contributed by atoms with E-state index < -0.39 is 23.0 Å². The van der Waals surface area contributed by atoms with Crippen molar-refractivity contribution >= 4 is 16.7 Å². The molecule has 1 heterocycles. The van der Waals surface area contributed by atoms with E-state index >= 15 is 0 Å². The van der Waals surface area contributed by atoms with Crippen LogP contribution in [0, 0.1) is 0 Å². The van der Waals surface area contributed by atoms with Crippen molar-refractivity contribution in [2.45, 2.75) is 12.7 Å². The van der Waals surface area contributed by atoms with Crippen molar-refractivity contribution in [3.05, 3.63) is 105 Å². The number of aromatic nitrogens is 1. The van der Waals surface area contributed by atoms with Gasteiger partial charge in [-0.1, -0.05) is 24.3 Å². The van der Waals surface area contributed by atoms with Gasteiger partial charge >= 0.3 is 6.18 Å². The van der Waals surface area contributed by atoms with E-state index in [4.69, 9.17) is 9.47 Å². The van der Waals surface area contributed by atoms with Gasteiger partial charge in [0.2, 0.25) is 5.43 Å². The Kier molecular flexibility index (Phi) is 6.15. The highest BCUT2D eigenvalue weighted by Crippen LogP contribution is 2.30. The molecule has 0 bridgehead atoms. The Morgan fingerprint density at radius 2 is 1.65 bits per heavy atom. The summed E-state index contributed by atoms with van der Waals surface area (Å²) in [7, 11) is 2.90. The predicted octanol–water partition coefficient (Wildman–Crippen LogP) is 5.32. The first kappa shape index (κ1) is 23.1. The number of carbonyl (C=O) groups is 1. The lowest BCUT2D eigenvalue weighted by Crippen LogP contribution is -2.20. The van der Waals surface area contributed by atoms with Crippen LogP contribution >= 0.6 is 0 Å². The van der Waals surface area contributed by atoms with Crippen molar-refractivity contribution in [1.82, 2.24) is 4.57 Å². The number of halogens is 3. The molecular formula is C26H20F3NO4. The van der Waals surface area contributed by atoms with Crippen molar-refractivity contribution in [2.24, 2.45) is 0 Å². The van der Waals surface area contributed by atoms with Crippen molar-refractivity contribution in [3.63, 3.8) is 0 Å². The number of nitrogens with zero attached hydrogens (tertiary/aromatic N) is 1. The van der Waals surface area contributed by atoms with Crippen LogP contribution in [0.3, 0.4) is 0 Å². The van der Waals surface area contributed by atoms with Gasteiger partial charge in [-0.2, -0.15) is 13.2 Å². The molecule has 0 unspecified atom stereocenters. The number of carbonyl (C=O) groups excluding carboxylic acids is 1. The third kappa shape index (κ3) is 4.39. The van der Waals surface area contributed by atoms with Crippen LogP contribution in [0.4, 0.5) is 13.2 Å². The smallest absolute Gasteiger partial charge is 0.416 e. The number of pyridine rings is 1. The number of hydrogen-bond acceptors (Lipinski definition) is 4. The highest BCUT2D eigenvalue weighted by Gasteiger charge is 2.30. The lowest BCUT2D eigenvalue weighted by atomic mass is 10.0. The number of ether oxygens (including phenoxy) is 2. The average Bonchev–Trinajstić information content (AvgIpc) is 2.84. The molecule has 0 saturated carbocycles. The minimum absolute atomic E-state index is 0.0386. The largest absolute Gasteiger partial charge is 0.493 e. The van der Waals surface area contributed by atoms with Crippen LogP contribution in [0.2, 0.25) is 0 Å². The molecule has 0 amide bonds. The van der Waals surface area contributed by atoms with Crippen LogP contribution in [0.5, 0.6) is 11.5 Å². The fraction of sp³-hybridized carbons (Fsp3) is 0.154. The molecule has 1 aromatic heterocycles. The number of ketones is 1. The normalized spacial score (nSPS) is 11.4. The number of benzene rings is 3. The zero-order valence-electron chi connectivity index (χ0n) is 18.3. The van der Waals surface area contributed by atoms with Gasteiger partial charge in [-0.25, -0.2) is 0 Å². The molecule has 0 atom stereocenters. The predicted molar refractivity (Wildman–Crippen MR) is 122 cm³/mol. The molecule has 0 N–H and O–H groups in total. The minimum Gasteiger partial charge on any atom is -0.493 e. The van der Waals surface area contributed by atoms with Gasteiger partial charge in [-0.15, -0.1) is 0 Å². The second-order valence-electron chi connectivity index (χ2n) is 7.61. The molecule has 4 rings (SSSR count). The quantitative estimate of drug-likeness (QED) is 0.361. The summed E-state index contributed by atoms with van der Waals surface area (Å²) in [5, 5.41) is 0.292. The Morgan fingerprint density at radius 3 is 2.35 bits per heavy atom. The highest BCUT2D eigenvalue weighted by atomic mass is 19.4. The molecule has 8 heteroatoms. The number of rotatable bonds is 6. The van der Waals surface area contributed by atoms with E-state index in [1.165, 1.54) is 38.6 Å². The second kappa shape index (κ2) is 9.05. The summed E-state index contributed by atoms with van der Waals surface area (Å²) in [4.78, 5) is 26.5. The van der Waals surface area contributed by atoms with E-state index in [1.807, 2.05) is 0 Å². The molecule has 0 aliphatic rings. The molecule has 34 heavy (non-hydrogen) atoms. The molecule has 3 aromatic carbocycles. The topological polar surface area (TPSA) is 57.5 Å². The number of alkyl halides is 3. The molecule has 0 fully saturated rings. The molecule has 174 valence electrons. The van der Waals surface area contributed by atoms with Gasteiger partial charge < -0.3 is 14.0 Å². The first-order chi connectivity index (χ1) is 16.2. The zero-order chi connectivity index (χ0) is 24.5. The van der Waals surface area contributed by atoms with E-state index in [9.17, 15) is 22.8 Å². The Balaban J connectivity index is 1.83. The summed E-state index contributed by atoms with van der Waals surface area (Å²) < 4.78 is 51.6. The lowest BCUT2D eigenvalue weighted by Gasteiger charge is -2.15. The van der Waals surface area contributed by atoms with Crippen LogP contribution in [0.25, 0.3) is 10.9 Å². The lowest BCUT2D eigenvalue weighted by molar-refractivity contribution is -0.137. The van der Waals surface area contributed by atoms with Crippen LogP contribution < -0.4 is 14.9 Å². The molecule has 4 aromatic rings. The Hall–Kier alpha value is -4.07. The highest BCUT2D eigenvalue weighted by molar-refractivity contribution is 6.10. The number of methoxy groups -OCH3 is 2. The molecule has 0 aliphatic carbocycles. The fourth-order valence-corrected chi connectivity index (χ4v) is 3.81. The van der Waals surface area contributed by atoms with Gasteiger partial charge in [0.05, 0.1) is 30.9 Å². The van der Waals surface area contributed by atoms with Crippen molar-refractivity contribution < 1.29 is 27.4 Å². The molecule has 0 saturated heterocycles. The summed E-state index contributed by atoms with van der Waals surface area (Å²) >= 11 is 0. The molecular weight excluding hydrogens is 447 g/mol.